The second-order valence-electron chi connectivity index (χ2n) is 2.86. The van der Waals surface area contributed by atoms with E-state index >= 15 is 0 Å². The van der Waals surface area contributed by atoms with E-state index < -0.39 is 0 Å². The van der Waals surface area contributed by atoms with E-state index in [1.807, 2.05) is 26.2 Å². The number of aromatic amines is 1. The molecule has 0 amide bonds. The molecule has 1 atom stereocenters. The van der Waals surface area contributed by atoms with Crippen LogP contribution in [0.3, 0.4) is 0 Å². The van der Waals surface area contributed by atoms with Crippen LogP contribution in [0.1, 0.15) is 24.1 Å². The highest BCUT2D eigenvalue weighted by atomic mass is 16.5. The summed E-state index contributed by atoms with van der Waals surface area (Å²) in [5.41, 5.74) is 8.22. The van der Waals surface area contributed by atoms with Gasteiger partial charge in [-0.25, -0.2) is 0 Å². The van der Waals surface area contributed by atoms with Crippen LogP contribution in [0, 0.1) is 6.92 Å². The summed E-state index contributed by atoms with van der Waals surface area (Å²) in [7, 11) is 0. The summed E-state index contributed by atoms with van der Waals surface area (Å²) >= 11 is 0. The number of H-pyrrole nitrogens is 1. The van der Waals surface area contributed by atoms with Gasteiger partial charge in [-0.2, -0.15) is 0 Å². The Hall–Kier alpha value is -0.800. The highest BCUT2D eigenvalue weighted by Gasteiger charge is 2.08. The molecule has 0 radical (unpaired) electrons. The summed E-state index contributed by atoms with van der Waals surface area (Å²) in [6.45, 7) is 5.32. The van der Waals surface area contributed by atoms with Crippen molar-refractivity contribution in [2.45, 2.75) is 19.9 Å². The van der Waals surface area contributed by atoms with Gasteiger partial charge in [0.15, 0.2) is 0 Å². The first-order valence-electron chi connectivity index (χ1n) is 4.22. The molecule has 1 aromatic heterocycles. The normalized spacial score (nSPS) is 13.2. The molecule has 0 saturated heterocycles. The topological polar surface area (TPSA) is 51.0 Å². The highest BCUT2D eigenvalue weighted by Crippen LogP contribution is 2.14. The lowest BCUT2D eigenvalue weighted by Crippen LogP contribution is -2.17. The Balaban J connectivity index is 2.52. The Morgan fingerprint density at radius 2 is 2.33 bits per heavy atom. The number of rotatable bonds is 4. The van der Waals surface area contributed by atoms with E-state index in [1.165, 1.54) is 5.56 Å². The van der Waals surface area contributed by atoms with Crippen molar-refractivity contribution in [3.63, 3.8) is 0 Å². The monoisotopic (exact) mass is 168 g/mol. The number of ether oxygens (including phenoxy) is 1. The largest absolute Gasteiger partial charge is 0.380 e. The summed E-state index contributed by atoms with van der Waals surface area (Å²) in [5, 5.41) is 0. The molecule has 0 aliphatic carbocycles. The van der Waals surface area contributed by atoms with Crippen molar-refractivity contribution in [3.8, 4) is 0 Å². The van der Waals surface area contributed by atoms with Gasteiger partial charge in [0.1, 0.15) is 0 Å². The molecule has 3 N–H and O–H groups in total. The third-order valence-electron chi connectivity index (χ3n) is 1.90. The van der Waals surface area contributed by atoms with Crippen molar-refractivity contribution >= 4 is 0 Å². The van der Waals surface area contributed by atoms with Crippen LogP contribution in [0.4, 0.5) is 0 Å². The molecular formula is C9H16N2O. The molecule has 3 nitrogen and oxygen atoms in total. The molecular weight excluding hydrogens is 152 g/mol. The quantitative estimate of drug-likeness (QED) is 0.713. The molecule has 0 aliphatic heterocycles. The lowest BCUT2D eigenvalue weighted by Gasteiger charge is -2.10. The predicted octanol–water partition coefficient (Wildman–Crippen LogP) is 1.36. The van der Waals surface area contributed by atoms with E-state index in [-0.39, 0.29) is 6.04 Å². The van der Waals surface area contributed by atoms with Gasteiger partial charge in [0.25, 0.3) is 0 Å². The lowest BCUT2D eigenvalue weighted by atomic mass is 10.1. The van der Waals surface area contributed by atoms with E-state index in [0.29, 0.717) is 6.61 Å². The van der Waals surface area contributed by atoms with E-state index in [1.54, 1.807) is 0 Å². The molecule has 1 heterocycles. The van der Waals surface area contributed by atoms with Gasteiger partial charge < -0.3 is 15.5 Å². The maximum Gasteiger partial charge on any atom is 0.0659 e. The lowest BCUT2D eigenvalue weighted by molar-refractivity contribution is 0.133. The molecule has 3 heteroatoms. The SMILES string of the molecule is CCOC[C@H](N)c1c[nH]cc1C. The molecule has 12 heavy (non-hydrogen) atoms. The number of aromatic nitrogens is 1. The van der Waals surface area contributed by atoms with Crippen LogP contribution < -0.4 is 5.73 Å². The third-order valence-corrected chi connectivity index (χ3v) is 1.90. The van der Waals surface area contributed by atoms with Gasteiger partial charge in [-0.15, -0.1) is 0 Å². The smallest absolute Gasteiger partial charge is 0.0659 e. The Kier molecular flexibility index (Phi) is 3.31. The van der Waals surface area contributed by atoms with Gasteiger partial charge >= 0.3 is 0 Å². The highest BCUT2D eigenvalue weighted by molar-refractivity contribution is 5.24. The van der Waals surface area contributed by atoms with Crippen LogP contribution in [0.5, 0.6) is 0 Å². The first-order valence-corrected chi connectivity index (χ1v) is 4.22. The van der Waals surface area contributed by atoms with E-state index in [2.05, 4.69) is 4.98 Å². The van der Waals surface area contributed by atoms with Crippen LogP contribution in [0.15, 0.2) is 12.4 Å². The van der Waals surface area contributed by atoms with Gasteiger partial charge in [0, 0.05) is 19.0 Å². The van der Waals surface area contributed by atoms with Crippen LogP contribution in [0.25, 0.3) is 0 Å². The zero-order valence-corrected chi connectivity index (χ0v) is 7.63. The van der Waals surface area contributed by atoms with Crippen molar-refractivity contribution in [2.24, 2.45) is 5.73 Å². The minimum Gasteiger partial charge on any atom is -0.380 e. The van der Waals surface area contributed by atoms with Crippen molar-refractivity contribution in [2.75, 3.05) is 13.2 Å². The Morgan fingerprint density at radius 3 is 2.83 bits per heavy atom. The molecule has 68 valence electrons. The average Bonchev–Trinajstić information content (AvgIpc) is 2.47. The standard InChI is InChI=1S/C9H16N2O/c1-3-12-6-9(10)8-5-11-4-7(8)2/h4-5,9,11H,3,6,10H2,1-2H3/t9-/m0/s1. The number of nitrogens with one attached hydrogen (secondary N) is 1. The fourth-order valence-electron chi connectivity index (χ4n) is 1.19. The number of nitrogens with two attached hydrogens (primary N) is 1. The molecule has 0 aromatic carbocycles. The van der Waals surface area contributed by atoms with Crippen molar-refractivity contribution < 1.29 is 4.74 Å². The minimum absolute atomic E-state index is 0.00352. The predicted molar refractivity (Wildman–Crippen MR) is 49.0 cm³/mol. The molecule has 0 bridgehead atoms. The first kappa shape index (κ1) is 9.29. The fourth-order valence-corrected chi connectivity index (χ4v) is 1.19. The Morgan fingerprint density at radius 1 is 1.58 bits per heavy atom. The zero-order valence-electron chi connectivity index (χ0n) is 7.63. The summed E-state index contributed by atoms with van der Waals surface area (Å²) in [6.07, 6.45) is 3.88. The van der Waals surface area contributed by atoms with Crippen LogP contribution in [0.2, 0.25) is 0 Å². The Bertz CT molecular complexity index is 232. The summed E-state index contributed by atoms with van der Waals surface area (Å²) in [6, 6.07) is -0.00352. The second kappa shape index (κ2) is 4.28. The van der Waals surface area contributed by atoms with Gasteiger partial charge in [-0.1, -0.05) is 0 Å². The van der Waals surface area contributed by atoms with E-state index in [9.17, 15) is 0 Å². The van der Waals surface area contributed by atoms with E-state index in [4.69, 9.17) is 10.5 Å². The second-order valence-corrected chi connectivity index (χ2v) is 2.86. The maximum atomic E-state index is 5.88. The molecule has 1 aromatic rings. The number of hydrogen-bond donors (Lipinski definition) is 2. The minimum atomic E-state index is -0.00352. The molecule has 0 spiro atoms. The van der Waals surface area contributed by atoms with Crippen LogP contribution in [-0.2, 0) is 4.74 Å². The summed E-state index contributed by atoms with van der Waals surface area (Å²) < 4.78 is 5.24. The van der Waals surface area contributed by atoms with Gasteiger partial charge in [-0.05, 0) is 25.0 Å². The molecule has 0 fully saturated rings. The van der Waals surface area contributed by atoms with Gasteiger partial charge in [-0.3, -0.25) is 0 Å². The summed E-state index contributed by atoms with van der Waals surface area (Å²) in [4.78, 5) is 3.02. The molecule has 0 aliphatic rings. The molecule has 1 rings (SSSR count). The third kappa shape index (κ3) is 2.09. The van der Waals surface area contributed by atoms with Crippen molar-refractivity contribution in [3.05, 3.63) is 23.5 Å². The van der Waals surface area contributed by atoms with Crippen LogP contribution >= 0.6 is 0 Å². The average molecular weight is 168 g/mol. The Labute approximate surface area is 72.9 Å². The van der Waals surface area contributed by atoms with Gasteiger partial charge in [0.2, 0.25) is 0 Å². The molecule has 0 saturated carbocycles. The van der Waals surface area contributed by atoms with Crippen molar-refractivity contribution in [1.29, 1.82) is 0 Å². The van der Waals surface area contributed by atoms with E-state index in [0.717, 1.165) is 12.2 Å². The number of hydrogen-bond acceptors (Lipinski definition) is 2. The zero-order chi connectivity index (χ0) is 8.97. The number of aryl methyl sites for hydroxylation is 1. The maximum absolute atomic E-state index is 5.88. The summed E-state index contributed by atoms with van der Waals surface area (Å²) in [5.74, 6) is 0. The fraction of sp³-hybridized carbons (Fsp3) is 0.556. The van der Waals surface area contributed by atoms with Crippen molar-refractivity contribution in [1.82, 2.24) is 4.98 Å². The van der Waals surface area contributed by atoms with Gasteiger partial charge in [0.05, 0.1) is 12.6 Å². The van der Waals surface area contributed by atoms with Crippen LogP contribution in [-0.4, -0.2) is 18.2 Å². The molecule has 0 unspecified atom stereocenters. The first-order chi connectivity index (χ1) is 5.75.